The van der Waals surface area contributed by atoms with Gasteiger partial charge >= 0.3 is 0 Å². The molecule has 1 aromatic heterocycles. The van der Waals surface area contributed by atoms with Gasteiger partial charge < -0.3 is 0 Å². The Morgan fingerprint density at radius 3 is 2.81 bits per heavy atom. The second-order valence-corrected chi connectivity index (χ2v) is 3.89. The lowest BCUT2D eigenvalue weighted by atomic mass is 10.1. The summed E-state index contributed by atoms with van der Waals surface area (Å²) in [5.74, 6) is -0.188. The molecule has 1 aromatic rings. The van der Waals surface area contributed by atoms with Crippen LogP contribution in [0, 0.1) is 0 Å². The summed E-state index contributed by atoms with van der Waals surface area (Å²) in [6.45, 7) is 5.01. The van der Waals surface area contributed by atoms with Crippen molar-refractivity contribution in [3.05, 3.63) is 41.2 Å². The van der Waals surface area contributed by atoms with Gasteiger partial charge in [-0.1, -0.05) is 11.6 Å². The zero-order valence-corrected chi connectivity index (χ0v) is 9.43. The van der Waals surface area contributed by atoms with Crippen molar-refractivity contribution >= 4 is 5.91 Å². The molecule has 2 heterocycles. The third-order valence-corrected chi connectivity index (χ3v) is 2.66. The zero-order chi connectivity index (χ0) is 11.5. The van der Waals surface area contributed by atoms with Gasteiger partial charge in [-0.2, -0.15) is 0 Å². The second kappa shape index (κ2) is 4.45. The van der Waals surface area contributed by atoms with E-state index >= 15 is 0 Å². The third-order valence-electron chi connectivity index (χ3n) is 2.66. The highest BCUT2D eigenvalue weighted by molar-refractivity contribution is 5.91. The van der Waals surface area contributed by atoms with E-state index in [2.05, 4.69) is 4.98 Å². The summed E-state index contributed by atoms with van der Waals surface area (Å²) in [5, 5.41) is 1.37. The highest BCUT2D eigenvalue weighted by atomic mass is 16.7. The summed E-state index contributed by atoms with van der Waals surface area (Å²) in [6, 6.07) is 5.26. The van der Waals surface area contributed by atoms with Crippen LogP contribution >= 0.6 is 0 Å². The van der Waals surface area contributed by atoms with Crippen LogP contribution in [0.5, 0.6) is 0 Å². The number of hydrogen-bond acceptors (Lipinski definition) is 3. The van der Waals surface area contributed by atoms with E-state index in [-0.39, 0.29) is 5.91 Å². The molecule has 0 atom stereocenters. The largest absolute Gasteiger partial charge is 0.296 e. The SMILES string of the molecule is CC1=C(C)CN(C(=O)c2ccccn2)OC1. The maximum absolute atomic E-state index is 12.0. The molecule has 2 rings (SSSR count). The lowest BCUT2D eigenvalue weighted by molar-refractivity contribution is -0.116. The molecule has 1 aliphatic heterocycles. The minimum absolute atomic E-state index is 0.188. The average Bonchev–Trinajstić information content (AvgIpc) is 2.33. The van der Waals surface area contributed by atoms with Crippen LogP contribution in [-0.2, 0) is 4.84 Å². The van der Waals surface area contributed by atoms with Crippen LogP contribution < -0.4 is 0 Å². The summed E-state index contributed by atoms with van der Waals surface area (Å²) < 4.78 is 0. The predicted octanol–water partition coefficient (Wildman–Crippen LogP) is 1.81. The highest BCUT2D eigenvalue weighted by Crippen LogP contribution is 2.15. The minimum atomic E-state index is -0.188. The molecule has 0 N–H and O–H groups in total. The summed E-state index contributed by atoms with van der Waals surface area (Å²) in [5.41, 5.74) is 2.77. The number of carbonyl (C=O) groups excluding carboxylic acids is 1. The molecule has 4 nitrogen and oxygen atoms in total. The van der Waals surface area contributed by atoms with Crippen LogP contribution in [0.1, 0.15) is 24.3 Å². The van der Waals surface area contributed by atoms with E-state index in [1.807, 2.05) is 13.8 Å². The summed E-state index contributed by atoms with van der Waals surface area (Å²) >= 11 is 0. The van der Waals surface area contributed by atoms with E-state index in [9.17, 15) is 4.79 Å². The monoisotopic (exact) mass is 218 g/mol. The number of pyridine rings is 1. The van der Waals surface area contributed by atoms with Crippen LogP contribution in [0.3, 0.4) is 0 Å². The topological polar surface area (TPSA) is 42.4 Å². The maximum Gasteiger partial charge on any atom is 0.296 e. The molecular weight excluding hydrogens is 204 g/mol. The molecule has 0 spiro atoms. The van der Waals surface area contributed by atoms with Crippen molar-refractivity contribution in [2.24, 2.45) is 0 Å². The Hall–Kier alpha value is -1.68. The van der Waals surface area contributed by atoms with Crippen LogP contribution in [0.25, 0.3) is 0 Å². The Morgan fingerprint density at radius 2 is 2.19 bits per heavy atom. The van der Waals surface area contributed by atoms with E-state index in [4.69, 9.17) is 4.84 Å². The standard InChI is InChI=1S/C12H14N2O2/c1-9-7-14(16-8-10(9)2)12(15)11-5-3-4-6-13-11/h3-6H,7-8H2,1-2H3. The van der Waals surface area contributed by atoms with Crippen LogP contribution in [-0.4, -0.2) is 29.1 Å². The number of nitrogens with zero attached hydrogens (tertiary/aromatic N) is 2. The Kier molecular flexibility index (Phi) is 3.01. The van der Waals surface area contributed by atoms with Gasteiger partial charge in [0.2, 0.25) is 0 Å². The molecule has 0 unspecified atom stereocenters. The van der Waals surface area contributed by atoms with Crippen LogP contribution in [0.2, 0.25) is 0 Å². The van der Waals surface area contributed by atoms with Gasteiger partial charge in [0.25, 0.3) is 5.91 Å². The molecule has 0 bridgehead atoms. The predicted molar refractivity (Wildman–Crippen MR) is 59.6 cm³/mol. The number of rotatable bonds is 1. The first-order valence-corrected chi connectivity index (χ1v) is 5.19. The van der Waals surface area contributed by atoms with Gasteiger partial charge in [-0.3, -0.25) is 14.6 Å². The molecule has 84 valence electrons. The normalized spacial score (nSPS) is 16.5. The summed E-state index contributed by atoms with van der Waals surface area (Å²) in [7, 11) is 0. The molecule has 0 aromatic carbocycles. The van der Waals surface area contributed by atoms with E-state index in [0.717, 1.165) is 0 Å². The number of hydroxylamine groups is 2. The lowest BCUT2D eigenvalue weighted by Crippen LogP contribution is -2.37. The Morgan fingerprint density at radius 1 is 1.38 bits per heavy atom. The fraction of sp³-hybridized carbons (Fsp3) is 0.333. The van der Waals surface area contributed by atoms with Gasteiger partial charge in [-0.15, -0.1) is 0 Å². The van der Waals surface area contributed by atoms with Gasteiger partial charge in [0.05, 0.1) is 13.2 Å². The van der Waals surface area contributed by atoms with Crippen molar-refractivity contribution in [3.8, 4) is 0 Å². The number of hydrogen-bond donors (Lipinski definition) is 0. The number of amides is 1. The third kappa shape index (κ3) is 2.12. The molecule has 0 radical (unpaired) electrons. The first-order valence-electron chi connectivity index (χ1n) is 5.19. The Labute approximate surface area is 94.5 Å². The van der Waals surface area contributed by atoms with Gasteiger partial charge in [-0.25, -0.2) is 5.06 Å². The van der Waals surface area contributed by atoms with E-state index < -0.39 is 0 Å². The van der Waals surface area contributed by atoms with Gasteiger partial charge in [0.15, 0.2) is 0 Å². The average molecular weight is 218 g/mol. The van der Waals surface area contributed by atoms with Gasteiger partial charge in [0, 0.05) is 6.20 Å². The van der Waals surface area contributed by atoms with E-state index in [1.54, 1.807) is 24.4 Å². The number of carbonyl (C=O) groups is 1. The molecule has 0 aliphatic carbocycles. The summed E-state index contributed by atoms with van der Waals surface area (Å²) in [6.07, 6.45) is 1.60. The smallest absolute Gasteiger partial charge is 0.266 e. The molecule has 4 heteroatoms. The van der Waals surface area contributed by atoms with Gasteiger partial charge in [-0.05, 0) is 31.6 Å². The first-order chi connectivity index (χ1) is 7.68. The fourth-order valence-electron chi connectivity index (χ4n) is 1.44. The lowest BCUT2D eigenvalue weighted by Gasteiger charge is -2.27. The highest BCUT2D eigenvalue weighted by Gasteiger charge is 2.22. The maximum atomic E-state index is 12.0. The van der Waals surface area contributed by atoms with Crippen molar-refractivity contribution in [1.29, 1.82) is 0 Å². The molecule has 1 amide bonds. The Balaban J connectivity index is 2.14. The minimum Gasteiger partial charge on any atom is -0.266 e. The molecule has 1 aliphatic rings. The summed E-state index contributed by atoms with van der Waals surface area (Å²) in [4.78, 5) is 21.3. The van der Waals surface area contributed by atoms with E-state index in [0.29, 0.717) is 18.8 Å². The molecule has 0 fully saturated rings. The quantitative estimate of drug-likeness (QED) is 0.675. The van der Waals surface area contributed by atoms with Crippen molar-refractivity contribution in [3.63, 3.8) is 0 Å². The first kappa shape index (κ1) is 10.8. The molecule has 16 heavy (non-hydrogen) atoms. The van der Waals surface area contributed by atoms with E-state index in [1.165, 1.54) is 16.2 Å². The van der Waals surface area contributed by atoms with Crippen molar-refractivity contribution in [2.45, 2.75) is 13.8 Å². The molecule has 0 saturated carbocycles. The van der Waals surface area contributed by atoms with Crippen molar-refractivity contribution in [2.75, 3.05) is 13.2 Å². The van der Waals surface area contributed by atoms with Crippen LogP contribution in [0.15, 0.2) is 35.5 Å². The Bertz CT molecular complexity index is 426. The zero-order valence-electron chi connectivity index (χ0n) is 9.43. The fourth-order valence-corrected chi connectivity index (χ4v) is 1.44. The van der Waals surface area contributed by atoms with Crippen molar-refractivity contribution in [1.82, 2.24) is 10.0 Å². The van der Waals surface area contributed by atoms with Crippen LogP contribution in [0.4, 0.5) is 0 Å². The molecular formula is C12H14N2O2. The number of aromatic nitrogens is 1. The molecule has 0 saturated heterocycles. The second-order valence-electron chi connectivity index (χ2n) is 3.89. The van der Waals surface area contributed by atoms with Gasteiger partial charge in [0.1, 0.15) is 5.69 Å². The van der Waals surface area contributed by atoms with Crippen molar-refractivity contribution < 1.29 is 9.63 Å².